The normalized spacial score (nSPS) is 15.1. The van der Waals surface area contributed by atoms with Crippen LogP contribution in [0.2, 0.25) is 0 Å². The monoisotopic (exact) mass is 448 g/mol. The zero-order valence-electron chi connectivity index (χ0n) is 18.4. The van der Waals surface area contributed by atoms with Gasteiger partial charge in [0.15, 0.2) is 22.7 Å². The largest absolute Gasteiger partial charge is 0.493 e. The number of ether oxygens (including phenoxy) is 3. The van der Waals surface area contributed by atoms with E-state index >= 15 is 0 Å². The number of hydrogen-bond acceptors (Lipinski definition) is 8. The lowest BCUT2D eigenvalue weighted by atomic mass is 9.97. The van der Waals surface area contributed by atoms with Gasteiger partial charge in [0.2, 0.25) is 11.5 Å². The minimum Gasteiger partial charge on any atom is -0.493 e. The molecule has 1 aliphatic heterocycles. The summed E-state index contributed by atoms with van der Waals surface area (Å²) in [6, 6.07) is 11.0. The third kappa shape index (κ3) is 3.04. The van der Waals surface area contributed by atoms with Gasteiger partial charge in [-0.25, -0.2) is 0 Å². The third-order valence-electron chi connectivity index (χ3n) is 5.64. The van der Waals surface area contributed by atoms with Crippen molar-refractivity contribution in [2.45, 2.75) is 13.0 Å². The summed E-state index contributed by atoms with van der Waals surface area (Å²) in [7, 11) is 4.49. The molecule has 0 spiro atoms. The highest BCUT2D eigenvalue weighted by Gasteiger charge is 2.45. The molecule has 2 aromatic carbocycles. The minimum absolute atomic E-state index is 0.0434. The van der Waals surface area contributed by atoms with Crippen molar-refractivity contribution in [3.8, 4) is 17.2 Å². The Hall–Kier alpha value is -4.27. The van der Waals surface area contributed by atoms with Gasteiger partial charge in [0.1, 0.15) is 11.3 Å². The molecule has 0 radical (unpaired) electrons. The van der Waals surface area contributed by atoms with Crippen LogP contribution >= 0.6 is 0 Å². The maximum atomic E-state index is 13.6. The Kier molecular flexibility index (Phi) is 4.81. The third-order valence-corrected chi connectivity index (χ3v) is 5.64. The van der Waals surface area contributed by atoms with Crippen LogP contribution in [-0.2, 0) is 0 Å². The molecule has 168 valence electrons. The number of fused-ring (bicyclic) bond motifs is 2. The first kappa shape index (κ1) is 20.6. The van der Waals surface area contributed by atoms with Gasteiger partial charge in [0.25, 0.3) is 5.91 Å². The SMILES string of the molecule is COc1cc(C2c3c(oc4ccccc4c3=O)C(=O)N2c2cc(C)on2)cc(OC)c1OC. The standard InChI is InChI=1S/C24H20N2O7/c1-12-9-18(25-33-12)26-20(13-10-16(29-2)22(31-4)17(11-13)30-3)19-21(27)14-7-5-6-8-15(14)32-23(19)24(26)28/h5-11,20H,1-4H3. The van der Waals surface area contributed by atoms with Gasteiger partial charge >= 0.3 is 0 Å². The molecule has 0 N–H and O–H groups in total. The van der Waals surface area contributed by atoms with Crippen LogP contribution in [0.4, 0.5) is 5.82 Å². The quantitative estimate of drug-likeness (QED) is 0.453. The molecule has 1 amide bonds. The lowest BCUT2D eigenvalue weighted by molar-refractivity contribution is 0.0969. The Morgan fingerprint density at radius 2 is 1.67 bits per heavy atom. The van der Waals surface area contributed by atoms with Crippen LogP contribution in [0.1, 0.15) is 33.5 Å². The number of amides is 1. The molecule has 5 rings (SSSR count). The molecule has 4 aromatic rings. The van der Waals surface area contributed by atoms with Gasteiger partial charge < -0.3 is 23.2 Å². The number of anilines is 1. The van der Waals surface area contributed by atoms with E-state index in [1.807, 2.05) is 0 Å². The van der Waals surface area contributed by atoms with Crippen molar-refractivity contribution in [3.05, 3.63) is 75.3 Å². The van der Waals surface area contributed by atoms with Crippen LogP contribution < -0.4 is 24.5 Å². The Bertz CT molecular complexity index is 1430. The molecular formula is C24H20N2O7. The van der Waals surface area contributed by atoms with Gasteiger partial charge in [0, 0.05) is 6.07 Å². The first-order chi connectivity index (χ1) is 16.0. The summed E-state index contributed by atoms with van der Waals surface area (Å²) < 4.78 is 27.6. The van der Waals surface area contributed by atoms with Crippen LogP contribution in [0.5, 0.6) is 17.2 Å². The first-order valence-electron chi connectivity index (χ1n) is 10.1. The second kappa shape index (κ2) is 7.70. The number of benzene rings is 2. The Morgan fingerprint density at radius 1 is 0.970 bits per heavy atom. The van der Waals surface area contributed by atoms with Crippen LogP contribution in [0.3, 0.4) is 0 Å². The van der Waals surface area contributed by atoms with Crippen molar-refractivity contribution in [1.82, 2.24) is 5.16 Å². The Balaban J connectivity index is 1.83. The molecule has 2 aromatic heterocycles. The van der Waals surface area contributed by atoms with Crippen molar-refractivity contribution < 1.29 is 27.9 Å². The molecule has 9 nitrogen and oxygen atoms in total. The summed E-state index contributed by atoms with van der Waals surface area (Å²) in [5.41, 5.74) is 0.784. The van der Waals surface area contributed by atoms with Crippen molar-refractivity contribution in [2.24, 2.45) is 0 Å². The van der Waals surface area contributed by atoms with E-state index < -0.39 is 11.9 Å². The van der Waals surface area contributed by atoms with E-state index in [0.29, 0.717) is 39.5 Å². The van der Waals surface area contributed by atoms with Crippen molar-refractivity contribution in [3.63, 3.8) is 0 Å². The number of hydrogen-bond donors (Lipinski definition) is 0. The number of para-hydroxylation sites is 1. The summed E-state index contributed by atoms with van der Waals surface area (Å²) in [6.45, 7) is 1.72. The Labute approximate surface area is 188 Å². The highest BCUT2D eigenvalue weighted by molar-refractivity contribution is 6.10. The van der Waals surface area contributed by atoms with E-state index in [0.717, 1.165) is 0 Å². The summed E-state index contributed by atoms with van der Waals surface area (Å²) >= 11 is 0. The summed E-state index contributed by atoms with van der Waals surface area (Å²) in [5, 5.41) is 4.40. The molecule has 1 unspecified atom stereocenters. The van der Waals surface area contributed by atoms with Gasteiger partial charge in [-0.05, 0) is 36.8 Å². The molecule has 0 saturated heterocycles. The lowest BCUT2D eigenvalue weighted by Gasteiger charge is -2.24. The van der Waals surface area contributed by atoms with E-state index in [4.69, 9.17) is 23.2 Å². The molecule has 0 bridgehead atoms. The second-order valence-corrected chi connectivity index (χ2v) is 7.50. The fourth-order valence-electron chi connectivity index (χ4n) is 4.20. The highest BCUT2D eigenvalue weighted by Crippen LogP contribution is 2.46. The molecule has 9 heteroatoms. The molecule has 3 heterocycles. The predicted octanol–water partition coefficient (Wildman–Crippen LogP) is 3.87. The summed E-state index contributed by atoms with van der Waals surface area (Å²) in [4.78, 5) is 28.5. The van der Waals surface area contributed by atoms with Crippen molar-refractivity contribution in [1.29, 1.82) is 0 Å². The van der Waals surface area contributed by atoms with E-state index in [1.165, 1.54) is 26.2 Å². The predicted molar refractivity (Wildman–Crippen MR) is 118 cm³/mol. The van der Waals surface area contributed by atoms with Crippen LogP contribution in [0.25, 0.3) is 11.0 Å². The molecule has 0 saturated carbocycles. The van der Waals surface area contributed by atoms with E-state index in [2.05, 4.69) is 5.16 Å². The van der Waals surface area contributed by atoms with Crippen LogP contribution in [-0.4, -0.2) is 32.4 Å². The zero-order chi connectivity index (χ0) is 23.3. The number of aryl methyl sites for hydroxylation is 1. The minimum atomic E-state index is -0.855. The molecular weight excluding hydrogens is 428 g/mol. The molecule has 1 atom stereocenters. The Morgan fingerprint density at radius 3 is 2.27 bits per heavy atom. The lowest BCUT2D eigenvalue weighted by Crippen LogP contribution is -2.29. The molecule has 33 heavy (non-hydrogen) atoms. The fourth-order valence-corrected chi connectivity index (χ4v) is 4.20. The summed E-state index contributed by atoms with van der Waals surface area (Å²) in [5.74, 6) is 1.39. The van der Waals surface area contributed by atoms with Gasteiger partial charge in [-0.15, -0.1) is 0 Å². The van der Waals surface area contributed by atoms with Gasteiger partial charge in [0.05, 0.1) is 38.3 Å². The van der Waals surface area contributed by atoms with Gasteiger partial charge in [-0.3, -0.25) is 14.5 Å². The zero-order valence-corrected chi connectivity index (χ0v) is 18.4. The smallest absolute Gasteiger partial charge is 0.296 e. The van der Waals surface area contributed by atoms with E-state index in [9.17, 15) is 9.59 Å². The first-order valence-corrected chi connectivity index (χ1v) is 10.1. The summed E-state index contributed by atoms with van der Waals surface area (Å²) in [6.07, 6.45) is 0. The molecule has 1 aliphatic rings. The highest BCUT2D eigenvalue weighted by atomic mass is 16.5. The number of aromatic nitrogens is 1. The fraction of sp³-hybridized carbons (Fsp3) is 0.208. The molecule has 0 fully saturated rings. The van der Waals surface area contributed by atoms with Gasteiger partial charge in [-0.2, -0.15) is 0 Å². The topological polar surface area (TPSA) is 104 Å². The number of methoxy groups -OCH3 is 3. The number of rotatable bonds is 5. The van der Waals surface area contributed by atoms with E-state index in [1.54, 1.807) is 49.4 Å². The number of carbonyl (C=O) groups excluding carboxylic acids is 1. The van der Waals surface area contributed by atoms with Crippen LogP contribution in [0.15, 0.2) is 56.2 Å². The average molecular weight is 448 g/mol. The number of nitrogens with zero attached hydrogens (tertiary/aromatic N) is 2. The second-order valence-electron chi connectivity index (χ2n) is 7.50. The van der Waals surface area contributed by atoms with Crippen LogP contribution in [0, 0.1) is 6.92 Å². The average Bonchev–Trinajstić information content (AvgIpc) is 3.39. The van der Waals surface area contributed by atoms with E-state index in [-0.39, 0.29) is 22.6 Å². The van der Waals surface area contributed by atoms with Gasteiger partial charge in [-0.1, -0.05) is 17.3 Å². The number of carbonyl (C=O) groups is 1. The van der Waals surface area contributed by atoms with Crippen molar-refractivity contribution >= 4 is 22.7 Å². The van der Waals surface area contributed by atoms with Crippen molar-refractivity contribution in [2.75, 3.05) is 26.2 Å². The maximum Gasteiger partial charge on any atom is 0.296 e. The maximum absolute atomic E-state index is 13.6. The molecule has 0 aliphatic carbocycles.